The summed E-state index contributed by atoms with van der Waals surface area (Å²) in [5.41, 5.74) is -0.0368. The molecule has 2 aromatic heterocycles. The molecule has 140 valence electrons. The molecule has 0 bridgehead atoms. The summed E-state index contributed by atoms with van der Waals surface area (Å²) in [4.78, 5) is 47.3. The van der Waals surface area contributed by atoms with Gasteiger partial charge in [-0.05, 0) is 30.3 Å². The van der Waals surface area contributed by atoms with Gasteiger partial charge in [-0.25, -0.2) is 14.8 Å². The molecule has 3 N–H and O–H groups in total. The van der Waals surface area contributed by atoms with Crippen LogP contribution in [-0.2, 0) is 0 Å². The van der Waals surface area contributed by atoms with Crippen LogP contribution in [0.25, 0.3) is 0 Å². The fourth-order valence-electron chi connectivity index (χ4n) is 2.24. The van der Waals surface area contributed by atoms with Gasteiger partial charge < -0.3 is 15.7 Å². The van der Waals surface area contributed by atoms with E-state index in [1.807, 2.05) is 0 Å². The summed E-state index contributed by atoms with van der Waals surface area (Å²) in [6, 6.07) is 7.62. The molecule has 28 heavy (non-hydrogen) atoms. The summed E-state index contributed by atoms with van der Waals surface area (Å²) in [5, 5.41) is 14.4. The number of carboxylic acids is 1. The van der Waals surface area contributed by atoms with Crippen LogP contribution in [-0.4, -0.2) is 37.8 Å². The number of benzene rings is 1. The van der Waals surface area contributed by atoms with E-state index in [0.29, 0.717) is 5.69 Å². The second kappa shape index (κ2) is 8.23. The Morgan fingerprint density at radius 1 is 0.929 bits per heavy atom. The van der Waals surface area contributed by atoms with Gasteiger partial charge in [0.25, 0.3) is 11.8 Å². The topological polar surface area (TPSA) is 134 Å². The van der Waals surface area contributed by atoms with E-state index in [4.69, 9.17) is 16.7 Å². The average Bonchev–Trinajstić information content (AvgIpc) is 2.70. The van der Waals surface area contributed by atoms with Gasteiger partial charge in [-0.15, -0.1) is 0 Å². The van der Waals surface area contributed by atoms with Crippen molar-refractivity contribution in [2.75, 3.05) is 10.6 Å². The number of nitrogens with zero attached hydrogens (tertiary/aromatic N) is 3. The quantitative estimate of drug-likeness (QED) is 0.602. The Hall–Kier alpha value is -3.85. The molecule has 0 saturated heterocycles. The molecule has 2 heterocycles. The molecule has 3 rings (SSSR count). The normalized spacial score (nSPS) is 10.2. The highest BCUT2D eigenvalue weighted by molar-refractivity contribution is 6.34. The van der Waals surface area contributed by atoms with Crippen LogP contribution in [0.3, 0.4) is 0 Å². The van der Waals surface area contributed by atoms with Crippen molar-refractivity contribution in [2.45, 2.75) is 0 Å². The average molecular weight is 398 g/mol. The minimum Gasteiger partial charge on any atom is -0.476 e. The molecule has 0 radical (unpaired) electrons. The predicted octanol–water partition coefficient (Wildman–Crippen LogP) is 2.73. The molecule has 1 aromatic carbocycles. The molecule has 0 spiro atoms. The third kappa shape index (κ3) is 4.27. The van der Waals surface area contributed by atoms with Gasteiger partial charge in [-0.3, -0.25) is 14.6 Å². The van der Waals surface area contributed by atoms with Gasteiger partial charge in [0.2, 0.25) is 0 Å². The first-order chi connectivity index (χ1) is 13.5. The van der Waals surface area contributed by atoms with E-state index in [9.17, 15) is 14.4 Å². The monoisotopic (exact) mass is 397 g/mol. The Labute approximate surface area is 163 Å². The first-order valence-corrected chi connectivity index (χ1v) is 8.20. The lowest BCUT2D eigenvalue weighted by Crippen LogP contribution is -2.20. The second-order valence-electron chi connectivity index (χ2n) is 5.40. The van der Waals surface area contributed by atoms with Gasteiger partial charge in [-0.1, -0.05) is 11.6 Å². The number of nitrogens with one attached hydrogen (secondary N) is 2. The molecular formula is C18H12ClN5O4. The third-order valence-electron chi connectivity index (χ3n) is 3.51. The Kier molecular flexibility index (Phi) is 5.56. The van der Waals surface area contributed by atoms with Gasteiger partial charge >= 0.3 is 5.97 Å². The number of rotatable bonds is 5. The molecule has 3 aromatic rings. The minimum absolute atomic E-state index is 0.118. The van der Waals surface area contributed by atoms with Gasteiger partial charge in [0.15, 0.2) is 11.4 Å². The molecule has 0 aliphatic heterocycles. The molecule has 2 amide bonds. The number of hydrogen-bond acceptors (Lipinski definition) is 6. The van der Waals surface area contributed by atoms with E-state index in [2.05, 4.69) is 25.6 Å². The van der Waals surface area contributed by atoms with Crippen LogP contribution >= 0.6 is 11.6 Å². The Morgan fingerprint density at radius 2 is 1.68 bits per heavy atom. The molecule has 10 heteroatoms. The maximum Gasteiger partial charge on any atom is 0.356 e. The van der Waals surface area contributed by atoms with Crippen LogP contribution in [0.4, 0.5) is 11.4 Å². The van der Waals surface area contributed by atoms with Crippen molar-refractivity contribution in [2.24, 2.45) is 0 Å². The minimum atomic E-state index is -1.39. The molecule has 0 atom stereocenters. The van der Waals surface area contributed by atoms with Crippen LogP contribution in [0.15, 0.2) is 55.1 Å². The summed E-state index contributed by atoms with van der Waals surface area (Å²) in [5.74, 6) is -2.66. The summed E-state index contributed by atoms with van der Waals surface area (Å²) in [7, 11) is 0. The zero-order valence-corrected chi connectivity index (χ0v) is 14.8. The Morgan fingerprint density at radius 3 is 2.36 bits per heavy atom. The zero-order valence-electron chi connectivity index (χ0n) is 14.1. The van der Waals surface area contributed by atoms with E-state index in [1.54, 1.807) is 18.3 Å². The molecule has 0 fully saturated rings. The van der Waals surface area contributed by atoms with Gasteiger partial charge in [0.05, 0.1) is 22.6 Å². The fraction of sp³-hybridized carbons (Fsp3) is 0. The van der Waals surface area contributed by atoms with Crippen LogP contribution in [0.1, 0.15) is 31.3 Å². The van der Waals surface area contributed by atoms with Crippen molar-refractivity contribution >= 4 is 40.8 Å². The number of hydrogen-bond donors (Lipinski definition) is 3. The largest absolute Gasteiger partial charge is 0.476 e. The van der Waals surface area contributed by atoms with Crippen molar-refractivity contribution in [3.8, 4) is 0 Å². The van der Waals surface area contributed by atoms with Gasteiger partial charge in [0, 0.05) is 24.2 Å². The molecule has 0 aliphatic carbocycles. The van der Waals surface area contributed by atoms with E-state index in [0.717, 1.165) is 6.20 Å². The lowest BCUT2D eigenvalue weighted by Gasteiger charge is -2.10. The summed E-state index contributed by atoms with van der Waals surface area (Å²) in [6.07, 6.45) is 5.42. The van der Waals surface area contributed by atoms with Crippen molar-refractivity contribution in [1.82, 2.24) is 15.0 Å². The van der Waals surface area contributed by atoms with Crippen molar-refractivity contribution < 1.29 is 19.5 Å². The second-order valence-corrected chi connectivity index (χ2v) is 5.81. The van der Waals surface area contributed by atoms with Crippen LogP contribution in [0, 0.1) is 0 Å². The molecule has 0 aliphatic rings. The number of anilines is 2. The molecular weight excluding hydrogens is 386 g/mol. The standard InChI is InChI=1S/C18H12ClN5O4/c19-12-4-3-10(16(25)23-11-2-1-5-20-9-11)8-13(12)24-17(26)14-15(18(27)28)22-7-6-21-14/h1-9H,(H,23,25)(H,24,26)(H,27,28). The SMILES string of the molecule is O=C(Nc1cccnc1)c1ccc(Cl)c(NC(=O)c2nccnc2C(=O)O)c1. The van der Waals surface area contributed by atoms with Crippen molar-refractivity contribution in [3.63, 3.8) is 0 Å². The lowest BCUT2D eigenvalue weighted by atomic mass is 10.1. The number of aromatic nitrogens is 3. The number of carbonyl (C=O) groups excluding carboxylic acids is 2. The molecule has 9 nitrogen and oxygen atoms in total. The Balaban J connectivity index is 1.83. The highest BCUT2D eigenvalue weighted by Crippen LogP contribution is 2.24. The number of halogens is 1. The third-order valence-corrected chi connectivity index (χ3v) is 3.84. The number of carboxylic acid groups (broad SMARTS) is 1. The Bertz CT molecular complexity index is 1060. The highest BCUT2D eigenvalue weighted by atomic mass is 35.5. The first-order valence-electron chi connectivity index (χ1n) is 7.82. The van der Waals surface area contributed by atoms with E-state index in [-0.39, 0.29) is 22.0 Å². The smallest absolute Gasteiger partial charge is 0.356 e. The first kappa shape index (κ1) is 18.9. The van der Waals surface area contributed by atoms with Crippen LogP contribution < -0.4 is 10.6 Å². The zero-order chi connectivity index (χ0) is 20.1. The number of carbonyl (C=O) groups is 3. The maximum atomic E-state index is 12.4. The van der Waals surface area contributed by atoms with Crippen LogP contribution in [0.2, 0.25) is 5.02 Å². The highest BCUT2D eigenvalue weighted by Gasteiger charge is 2.20. The molecule has 0 unspecified atom stereocenters. The van der Waals surface area contributed by atoms with E-state index >= 15 is 0 Å². The number of amides is 2. The van der Waals surface area contributed by atoms with Crippen molar-refractivity contribution in [1.29, 1.82) is 0 Å². The lowest BCUT2D eigenvalue weighted by molar-refractivity contribution is 0.0684. The van der Waals surface area contributed by atoms with E-state index in [1.165, 1.54) is 30.6 Å². The van der Waals surface area contributed by atoms with Crippen LogP contribution in [0.5, 0.6) is 0 Å². The van der Waals surface area contributed by atoms with Gasteiger partial charge in [0.1, 0.15) is 0 Å². The van der Waals surface area contributed by atoms with Crippen molar-refractivity contribution in [3.05, 3.63) is 77.1 Å². The summed E-state index contributed by atoms with van der Waals surface area (Å²) < 4.78 is 0. The van der Waals surface area contributed by atoms with E-state index < -0.39 is 23.5 Å². The van der Waals surface area contributed by atoms with Gasteiger partial charge in [-0.2, -0.15) is 0 Å². The maximum absolute atomic E-state index is 12.4. The summed E-state index contributed by atoms with van der Waals surface area (Å²) >= 11 is 6.09. The predicted molar refractivity (Wildman–Crippen MR) is 101 cm³/mol. The molecule has 0 saturated carbocycles. The summed E-state index contributed by atoms with van der Waals surface area (Å²) in [6.45, 7) is 0. The fourth-order valence-corrected chi connectivity index (χ4v) is 2.41. The number of pyridine rings is 1. The number of aromatic carboxylic acids is 1.